The molecule has 1 amide bonds. The van der Waals surface area contributed by atoms with Gasteiger partial charge in [0, 0.05) is 30.9 Å². The molecule has 1 aromatic heterocycles. The largest absolute Gasteiger partial charge is 0.399 e. The van der Waals surface area contributed by atoms with Gasteiger partial charge in [-0.25, -0.2) is 0 Å². The molecule has 2 aromatic rings. The maximum absolute atomic E-state index is 11.9. The molecule has 0 fully saturated rings. The van der Waals surface area contributed by atoms with Crippen LogP contribution in [0.1, 0.15) is 12.0 Å². The van der Waals surface area contributed by atoms with E-state index in [4.69, 9.17) is 5.73 Å². The molecule has 106 valence electrons. The van der Waals surface area contributed by atoms with Gasteiger partial charge in [-0.05, 0) is 47.6 Å². The average Bonchev–Trinajstić information content (AvgIpc) is 2.89. The lowest BCUT2D eigenvalue weighted by atomic mass is 10.2. The first-order valence-corrected chi connectivity index (χ1v) is 7.43. The van der Waals surface area contributed by atoms with Gasteiger partial charge in [-0.2, -0.15) is 11.3 Å². The second-order valence-electron chi connectivity index (χ2n) is 4.79. The van der Waals surface area contributed by atoms with Gasteiger partial charge in [-0.3, -0.25) is 4.79 Å². The van der Waals surface area contributed by atoms with E-state index in [0.717, 1.165) is 18.8 Å². The van der Waals surface area contributed by atoms with Crippen molar-refractivity contribution in [2.75, 3.05) is 24.6 Å². The Morgan fingerprint density at radius 1 is 1.40 bits per heavy atom. The number of nitrogens with zero attached hydrogens (tertiary/aromatic N) is 1. The number of nitrogens with one attached hydrogen (secondary N) is 1. The summed E-state index contributed by atoms with van der Waals surface area (Å²) in [5.41, 5.74) is 8.36. The molecule has 0 aliphatic carbocycles. The van der Waals surface area contributed by atoms with Crippen molar-refractivity contribution in [3.8, 4) is 0 Å². The number of anilines is 2. The molecule has 0 spiro atoms. The summed E-state index contributed by atoms with van der Waals surface area (Å²) in [6.45, 7) is 1.60. The normalized spacial score (nSPS) is 10.7. The van der Waals surface area contributed by atoms with Gasteiger partial charge in [0.05, 0.1) is 0 Å². The number of nitrogen functional groups attached to an aromatic ring is 1. The van der Waals surface area contributed by atoms with Crippen molar-refractivity contribution in [1.82, 2.24) is 4.90 Å². The van der Waals surface area contributed by atoms with Gasteiger partial charge >= 0.3 is 0 Å². The number of carbonyl (C=O) groups excluding carboxylic acids is 1. The lowest BCUT2D eigenvalue weighted by Crippen LogP contribution is -2.23. The highest BCUT2D eigenvalue weighted by molar-refractivity contribution is 7.07. The Bertz CT molecular complexity index is 554. The second-order valence-corrected chi connectivity index (χ2v) is 5.57. The first kappa shape index (κ1) is 14.6. The van der Waals surface area contributed by atoms with Gasteiger partial charge in [0.2, 0.25) is 5.91 Å². The van der Waals surface area contributed by atoms with Crippen molar-refractivity contribution in [3.63, 3.8) is 0 Å². The fourth-order valence-corrected chi connectivity index (χ4v) is 2.57. The summed E-state index contributed by atoms with van der Waals surface area (Å²) in [7, 11) is 2.02. The first-order chi connectivity index (χ1) is 9.63. The van der Waals surface area contributed by atoms with Crippen LogP contribution < -0.4 is 11.1 Å². The number of rotatable bonds is 6. The summed E-state index contributed by atoms with van der Waals surface area (Å²) in [6, 6.07) is 9.32. The molecular formula is C15H19N3OS. The highest BCUT2D eigenvalue weighted by Gasteiger charge is 2.06. The van der Waals surface area contributed by atoms with E-state index >= 15 is 0 Å². The molecule has 0 saturated carbocycles. The molecule has 0 bridgehead atoms. The summed E-state index contributed by atoms with van der Waals surface area (Å²) in [4.78, 5) is 14.0. The Hall–Kier alpha value is -1.85. The predicted molar refractivity (Wildman–Crippen MR) is 84.8 cm³/mol. The fourth-order valence-electron chi connectivity index (χ4n) is 1.91. The first-order valence-electron chi connectivity index (χ1n) is 6.48. The number of hydrogen-bond donors (Lipinski definition) is 2. The van der Waals surface area contributed by atoms with Crippen LogP contribution in [0.15, 0.2) is 41.1 Å². The predicted octanol–water partition coefficient (Wildman–Crippen LogP) is 2.79. The number of benzene rings is 1. The van der Waals surface area contributed by atoms with Gasteiger partial charge in [0.15, 0.2) is 0 Å². The molecule has 0 unspecified atom stereocenters. The highest BCUT2D eigenvalue weighted by Crippen LogP contribution is 2.12. The smallest absolute Gasteiger partial charge is 0.225 e. The number of amides is 1. The molecule has 0 aliphatic heterocycles. The van der Waals surface area contributed by atoms with Crippen molar-refractivity contribution >= 4 is 28.6 Å². The van der Waals surface area contributed by atoms with E-state index in [1.807, 2.05) is 19.2 Å². The Kier molecular flexibility index (Phi) is 5.15. The molecule has 0 saturated heterocycles. The molecule has 0 aliphatic rings. The van der Waals surface area contributed by atoms with Crippen LogP contribution in [0.4, 0.5) is 11.4 Å². The van der Waals surface area contributed by atoms with Crippen molar-refractivity contribution in [1.29, 1.82) is 0 Å². The van der Waals surface area contributed by atoms with Gasteiger partial charge in [0.1, 0.15) is 0 Å². The maximum atomic E-state index is 11.9. The summed E-state index contributed by atoms with van der Waals surface area (Å²) in [6.07, 6.45) is 0.468. The standard InChI is InChI=1S/C15H19N3OS/c1-18(10-12-6-8-20-11-12)7-5-15(19)17-14-4-2-3-13(16)9-14/h2-4,6,8-9,11H,5,7,10,16H2,1H3,(H,17,19). The molecule has 1 heterocycles. The van der Waals surface area contributed by atoms with Crippen molar-refractivity contribution in [2.45, 2.75) is 13.0 Å². The fraction of sp³-hybridized carbons (Fsp3) is 0.267. The van der Waals surface area contributed by atoms with Crippen LogP contribution in [0, 0.1) is 0 Å². The van der Waals surface area contributed by atoms with E-state index in [0.29, 0.717) is 12.1 Å². The molecule has 4 nitrogen and oxygen atoms in total. The third-order valence-electron chi connectivity index (χ3n) is 2.92. The molecule has 3 N–H and O–H groups in total. The number of hydrogen-bond acceptors (Lipinski definition) is 4. The quantitative estimate of drug-likeness (QED) is 0.804. The maximum Gasteiger partial charge on any atom is 0.225 e. The molecule has 5 heteroatoms. The zero-order chi connectivity index (χ0) is 14.4. The lowest BCUT2D eigenvalue weighted by Gasteiger charge is -2.15. The van der Waals surface area contributed by atoms with E-state index in [1.165, 1.54) is 5.56 Å². The SMILES string of the molecule is CN(CCC(=O)Nc1cccc(N)c1)Cc1ccsc1. The Balaban J connectivity index is 1.74. The third kappa shape index (κ3) is 4.68. The second kappa shape index (κ2) is 7.07. The summed E-state index contributed by atoms with van der Waals surface area (Å²) >= 11 is 1.69. The lowest BCUT2D eigenvalue weighted by molar-refractivity contribution is -0.116. The van der Waals surface area contributed by atoms with E-state index < -0.39 is 0 Å². The molecular weight excluding hydrogens is 270 g/mol. The molecule has 1 aromatic carbocycles. The van der Waals surface area contributed by atoms with Crippen molar-refractivity contribution < 1.29 is 4.79 Å². The molecule has 0 radical (unpaired) electrons. The number of nitrogens with two attached hydrogens (primary N) is 1. The number of thiophene rings is 1. The highest BCUT2D eigenvalue weighted by atomic mass is 32.1. The Morgan fingerprint density at radius 3 is 2.95 bits per heavy atom. The molecule has 0 atom stereocenters. The van der Waals surface area contributed by atoms with Crippen LogP contribution in [-0.4, -0.2) is 24.4 Å². The summed E-state index contributed by atoms with van der Waals surface area (Å²) in [5, 5.41) is 7.05. The van der Waals surface area contributed by atoms with E-state index in [-0.39, 0.29) is 5.91 Å². The number of carbonyl (C=O) groups is 1. The Labute approximate surface area is 123 Å². The summed E-state index contributed by atoms with van der Waals surface area (Å²) < 4.78 is 0. The molecule has 2 rings (SSSR count). The van der Waals surface area contributed by atoms with Crippen LogP contribution in [0.3, 0.4) is 0 Å². The van der Waals surface area contributed by atoms with Crippen molar-refractivity contribution in [2.24, 2.45) is 0 Å². The minimum atomic E-state index is 0.00719. The third-order valence-corrected chi connectivity index (χ3v) is 3.66. The minimum absolute atomic E-state index is 0.00719. The van der Waals surface area contributed by atoms with Gasteiger partial charge in [-0.15, -0.1) is 0 Å². The summed E-state index contributed by atoms with van der Waals surface area (Å²) in [5.74, 6) is 0.00719. The van der Waals surface area contributed by atoms with Crippen LogP contribution in [0.25, 0.3) is 0 Å². The average molecular weight is 289 g/mol. The van der Waals surface area contributed by atoms with Crippen molar-refractivity contribution in [3.05, 3.63) is 46.7 Å². The van der Waals surface area contributed by atoms with Crippen LogP contribution in [-0.2, 0) is 11.3 Å². The zero-order valence-electron chi connectivity index (χ0n) is 11.5. The van der Waals surface area contributed by atoms with Crippen LogP contribution >= 0.6 is 11.3 Å². The van der Waals surface area contributed by atoms with E-state index in [2.05, 4.69) is 27.0 Å². The van der Waals surface area contributed by atoms with E-state index in [9.17, 15) is 4.79 Å². The molecule has 20 heavy (non-hydrogen) atoms. The monoisotopic (exact) mass is 289 g/mol. The zero-order valence-corrected chi connectivity index (χ0v) is 12.3. The van der Waals surface area contributed by atoms with Gasteiger partial charge in [0.25, 0.3) is 0 Å². The van der Waals surface area contributed by atoms with Gasteiger partial charge < -0.3 is 16.0 Å². The topological polar surface area (TPSA) is 58.4 Å². The van der Waals surface area contributed by atoms with Crippen LogP contribution in [0.2, 0.25) is 0 Å². The van der Waals surface area contributed by atoms with Crippen LogP contribution in [0.5, 0.6) is 0 Å². The Morgan fingerprint density at radius 2 is 2.25 bits per heavy atom. The van der Waals surface area contributed by atoms with E-state index in [1.54, 1.807) is 23.5 Å². The minimum Gasteiger partial charge on any atom is -0.399 e. The van der Waals surface area contributed by atoms with Gasteiger partial charge in [-0.1, -0.05) is 6.07 Å².